The molecule has 0 unspecified atom stereocenters. The number of carbonyl (C=O) groups is 2. The number of alkyl halides is 1. The fourth-order valence-corrected chi connectivity index (χ4v) is 3.88. The van der Waals surface area contributed by atoms with E-state index in [-0.39, 0.29) is 24.9 Å². The molecule has 0 bridgehead atoms. The van der Waals surface area contributed by atoms with Crippen LogP contribution in [0.1, 0.15) is 38.2 Å². The second-order valence-corrected chi connectivity index (χ2v) is 8.01. The highest BCUT2D eigenvalue weighted by molar-refractivity contribution is 6.15. The van der Waals surface area contributed by atoms with E-state index in [0.717, 1.165) is 0 Å². The van der Waals surface area contributed by atoms with Gasteiger partial charge in [0.05, 0.1) is 19.2 Å². The second kappa shape index (κ2) is 6.78. The summed E-state index contributed by atoms with van der Waals surface area (Å²) in [6.45, 7) is 2.92. The van der Waals surface area contributed by atoms with Crippen molar-refractivity contribution in [2.75, 3.05) is 23.3 Å². The van der Waals surface area contributed by atoms with Crippen molar-refractivity contribution in [3.8, 4) is 0 Å². The highest BCUT2D eigenvalue weighted by atomic mass is 19.1. The molecule has 1 saturated carbocycles. The topological polar surface area (TPSA) is 105 Å². The smallest absolute Gasteiger partial charge is 0.254 e. The number of fused-ring (bicyclic) bond motifs is 1. The molecule has 0 aromatic carbocycles. The lowest BCUT2D eigenvalue weighted by Crippen LogP contribution is -2.26. The monoisotopic (exact) mass is 399 g/mol. The van der Waals surface area contributed by atoms with Crippen LogP contribution in [0.2, 0.25) is 0 Å². The Labute approximate surface area is 166 Å². The molecule has 3 fully saturated rings. The molecule has 1 aliphatic carbocycles. The lowest BCUT2D eigenvalue weighted by Gasteiger charge is -2.19. The van der Waals surface area contributed by atoms with E-state index in [2.05, 4.69) is 32.6 Å². The zero-order chi connectivity index (χ0) is 20.1. The zero-order valence-electron chi connectivity index (χ0n) is 16.1. The Balaban J connectivity index is 1.57. The largest absolute Gasteiger partial charge is 0.351 e. The summed E-state index contributed by atoms with van der Waals surface area (Å²) >= 11 is 0. The van der Waals surface area contributed by atoms with Crippen molar-refractivity contribution in [2.45, 2.75) is 44.8 Å². The van der Waals surface area contributed by atoms with Crippen LogP contribution < -0.4 is 15.5 Å². The van der Waals surface area contributed by atoms with E-state index < -0.39 is 12.1 Å². The predicted octanol–water partition coefficient (Wildman–Crippen LogP) is 1.31. The number of hydrogen-bond donors (Lipinski definition) is 2. The highest BCUT2D eigenvalue weighted by Crippen LogP contribution is 2.34. The molecule has 2 aromatic rings. The Morgan fingerprint density at radius 3 is 2.79 bits per heavy atom. The maximum Gasteiger partial charge on any atom is 0.254 e. The van der Waals surface area contributed by atoms with E-state index in [0.29, 0.717) is 47.6 Å². The minimum Gasteiger partial charge on any atom is -0.351 e. The number of imide groups is 1. The van der Waals surface area contributed by atoms with Gasteiger partial charge in [-0.15, -0.1) is 0 Å². The summed E-state index contributed by atoms with van der Waals surface area (Å²) in [7, 11) is 0. The molecule has 3 aliphatic rings. The second-order valence-electron chi connectivity index (χ2n) is 8.01. The number of carbonyl (C=O) groups excluding carboxylic acids is 2. The van der Waals surface area contributed by atoms with E-state index in [9.17, 15) is 14.0 Å². The van der Waals surface area contributed by atoms with E-state index in [4.69, 9.17) is 0 Å². The van der Waals surface area contributed by atoms with Crippen LogP contribution in [0.4, 0.5) is 16.3 Å². The van der Waals surface area contributed by atoms with Crippen molar-refractivity contribution in [1.29, 1.82) is 0 Å². The highest BCUT2D eigenvalue weighted by Gasteiger charge is 2.30. The van der Waals surface area contributed by atoms with Crippen LogP contribution in [0, 0.1) is 5.92 Å². The van der Waals surface area contributed by atoms with Gasteiger partial charge in [0.1, 0.15) is 6.17 Å². The van der Waals surface area contributed by atoms with Crippen LogP contribution in [0.5, 0.6) is 0 Å². The van der Waals surface area contributed by atoms with Crippen LogP contribution in [0.25, 0.3) is 11.7 Å². The summed E-state index contributed by atoms with van der Waals surface area (Å²) in [4.78, 5) is 34.5. The average Bonchev–Trinajstić information content (AvgIpc) is 3.22. The normalized spacial score (nSPS) is 24.6. The van der Waals surface area contributed by atoms with Crippen molar-refractivity contribution in [2.24, 2.45) is 5.92 Å². The van der Waals surface area contributed by atoms with Gasteiger partial charge in [0.2, 0.25) is 17.8 Å². The molecule has 4 heterocycles. The molecule has 0 radical (unpaired) electrons. The Kier molecular flexibility index (Phi) is 4.21. The summed E-state index contributed by atoms with van der Waals surface area (Å²) in [6.07, 6.45) is 5.19. The molecule has 2 saturated heterocycles. The molecular weight excluding hydrogens is 377 g/mol. The molecule has 2 atom stereocenters. The third kappa shape index (κ3) is 3.43. The number of anilines is 2. The van der Waals surface area contributed by atoms with Gasteiger partial charge in [0.25, 0.3) is 5.91 Å². The first kappa shape index (κ1) is 18.0. The van der Waals surface area contributed by atoms with Gasteiger partial charge in [-0.25, -0.2) is 4.39 Å². The van der Waals surface area contributed by atoms with E-state index in [1.807, 2.05) is 4.90 Å². The van der Waals surface area contributed by atoms with Gasteiger partial charge < -0.3 is 10.2 Å². The average molecular weight is 399 g/mol. The van der Waals surface area contributed by atoms with Crippen molar-refractivity contribution >= 4 is 35.4 Å². The van der Waals surface area contributed by atoms with E-state index >= 15 is 0 Å². The van der Waals surface area contributed by atoms with Crippen molar-refractivity contribution < 1.29 is 14.0 Å². The number of aromatic nitrogens is 4. The minimum absolute atomic E-state index is 0.0353. The van der Waals surface area contributed by atoms with Crippen LogP contribution in [0.3, 0.4) is 0 Å². The number of halogens is 1. The summed E-state index contributed by atoms with van der Waals surface area (Å²) in [5, 5.41) is 10.0. The maximum atomic E-state index is 13.8. The first-order chi connectivity index (χ1) is 14.0. The third-order valence-electron chi connectivity index (χ3n) is 5.70. The standard InChI is InChI=1S/C19H22FN7O2/c1-10(11-2-3-11)22-18-24-16-13(6-12-7-15(28)23-17(12)29)8-21-27(16)19(25-18)26-5-4-14(20)9-26/h6,8,10-11,14H,2-5,7,9H2,1H3,(H,22,24)(H,23,28,29)/b12-6+/t10-,14-/m0/s1. The van der Waals surface area contributed by atoms with Crippen LogP contribution in [0.15, 0.2) is 11.8 Å². The Morgan fingerprint density at radius 1 is 1.31 bits per heavy atom. The van der Waals surface area contributed by atoms with Gasteiger partial charge in [-0.2, -0.15) is 19.6 Å². The minimum atomic E-state index is -0.896. The fraction of sp³-hybridized carbons (Fsp3) is 0.526. The lowest BCUT2D eigenvalue weighted by molar-refractivity contribution is -0.124. The number of nitrogens with one attached hydrogen (secondary N) is 2. The molecule has 0 spiro atoms. The molecule has 9 nitrogen and oxygen atoms in total. The maximum absolute atomic E-state index is 13.8. The van der Waals surface area contributed by atoms with Crippen LogP contribution in [-0.4, -0.2) is 56.7 Å². The quantitative estimate of drug-likeness (QED) is 0.577. The number of nitrogens with zero attached hydrogens (tertiary/aromatic N) is 5. The molecule has 2 aliphatic heterocycles. The fourth-order valence-electron chi connectivity index (χ4n) is 3.88. The number of amides is 2. The first-order valence-corrected chi connectivity index (χ1v) is 9.94. The molecule has 2 aromatic heterocycles. The number of rotatable bonds is 5. The van der Waals surface area contributed by atoms with Gasteiger partial charge >= 0.3 is 0 Å². The third-order valence-corrected chi connectivity index (χ3v) is 5.70. The summed E-state index contributed by atoms with van der Waals surface area (Å²) in [5.41, 5.74) is 1.50. The van der Waals surface area contributed by atoms with E-state index in [1.54, 1.807) is 16.8 Å². The van der Waals surface area contributed by atoms with Crippen molar-refractivity contribution in [1.82, 2.24) is 24.9 Å². The van der Waals surface area contributed by atoms with Crippen molar-refractivity contribution in [3.05, 3.63) is 17.3 Å². The van der Waals surface area contributed by atoms with Gasteiger partial charge in [-0.05, 0) is 38.2 Å². The van der Waals surface area contributed by atoms with Gasteiger partial charge in [-0.1, -0.05) is 0 Å². The predicted molar refractivity (Wildman–Crippen MR) is 104 cm³/mol. The zero-order valence-corrected chi connectivity index (χ0v) is 16.1. The van der Waals surface area contributed by atoms with Crippen molar-refractivity contribution in [3.63, 3.8) is 0 Å². The van der Waals surface area contributed by atoms with Gasteiger partial charge in [0.15, 0.2) is 5.65 Å². The molecule has 2 N–H and O–H groups in total. The molecule has 5 rings (SSSR count). The Bertz CT molecular complexity index is 1030. The lowest BCUT2D eigenvalue weighted by atomic mass is 10.1. The molecule has 10 heteroatoms. The van der Waals surface area contributed by atoms with Crippen LogP contribution >= 0.6 is 0 Å². The van der Waals surface area contributed by atoms with Gasteiger partial charge in [0, 0.05) is 23.7 Å². The molecular formula is C19H22FN7O2. The Morgan fingerprint density at radius 2 is 2.14 bits per heavy atom. The summed E-state index contributed by atoms with van der Waals surface area (Å²) in [6, 6.07) is 0.237. The van der Waals surface area contributed by atoms with Gasteiger partial charge in [-0.3, -0.25) is 14.9 Å². The molecule has 29 heavy (non-hydrogen) atoms. The van der Waals surface area contributed by atoms with E-state index in [1.165, 1.54) is 12.8 Å². The summed E-state index contributed by atoms with van der Waals surface area (Å²) in [5.74, 6) is 0.877. The Hall–Kier alpha value is -3.04. The van der Waals surface area contributed by atoms with Crippen LogP contribution in [-0.2, 0) is 9.59 Å². The SMILES string of the molecule is C[C@H](Nc1nc(N2CC[C@H](F)C2)n2ncc(/C=C3\CC(=O)NC3=O)c2n1)C1CC1. The molecule has 152 valence electrons. The first-order valence-electron chi connectivity index (χ1n) is 9.94. The molecule has 2 amide bonds. The summed E-state index contributed by atoms with van der Waals surface area (Å²) < 4.78 is 15.4. The number of hydrogen-bond acceptors (Lipinski definition) is 7.